The molecule has 0 aromatic rings. The minimum Gasteiger partial charge on any atom is -0.381 e. The molecule has 0 bridgehead atoms. The zero-order valence-corrected chi connectivity index (χ0v) is 6.40. The average molecular weight is 129 g/mol. The minimum atomic E-state index is 0.362. The van der Waals surface area contributed by atoms with Crippen molar-refractivity contribution >= 4 is 0 Å². The smallest absolute Gasteiger partial charge is 0.0606 e. The van der Waals surface area contributed by atoms with Crippen LogP contribution in [-0.4, -0.2) is 25.8 Å². The highest BCUT2D eigenvalue weighted by Gasteiger charge is 2.38. The Morgan fingerprint density at radius 1 is 1.56 bits per heavy atom. The molecule has 1 rings (SSSR count). The van der Waals surface area contributed by atoms with Gasteiger partial charge < -0.3 is 10.1 Å². The summed E-state index contributed by atoms with van der Waals surface area (Å²) in [5, 5.41) is 3.26. The van der Waals surface area contributed by atoms with Gasteiger partial charge in [0.1, 0.15) is 0 Å². The van der Waals surface area contributed by atoms with E-state index < -0.39 is 0 Å². The summed E-state index contributed by atoms with van der Waals surface area (Å²) in [5.41, 5.74) is 0.362. The number of hydrogen-bond acceptors (Lipinski definition) is 2. The molecule has 0 aromatic heterocycles. The van der Waals surface area contributed by atoms with E-state index in [4.69, 9.17) is 4.74 Å². The third-order valence-electron chi connectivity index (χ3n) is 2.29. The van der Waals surface area contributed by atoms with Crippen LogP contribution in [0.3, 0.4) is 0 Å². The molecule has 0 atom stereocenters. The van der Waals surface area contributed by atoms with Gasteiger partial charge in [-0.2, -0.15) is 0 Å². The molecular weight excluding hydrogens is 114 g/mol. The van der Waals surface area contributed by atoms with Gasteiger partial charge in [0.05, 0.1) is 6.10 Å². The molecule has 0 heterocycles. The summed E-state index contributed by atoms with van der Waals surface area (Å²) >= 11 is 0. The Morgan fingerprint density at radius 2 is 2.11 bits per heavy atom. The number of hydrogen-bond donors (Lipinski definition) is 1. The van der Waals surface area contributed by atoms with Gasteiger partial charge in [0, 0.05) is 12.6 Å². The maximum Gasteiger partial charge on any atom is 0.0606 e. The molecule has 0 spiro atoms. The van der Waals surface area contributed by atoms with Crippen LogP contribution in [0, 0.1) is 0 Å². The SMILES string of the molecule is CNC1(C)CC(OC)C1. The Kier molecular flexibility index (Phi) is 1.78. The van der Waals surface area contributed by atoms with Gasteiger partial charge in [-0.1, -0.05) is 0 Å². The average Bonchev–Trinajstić information content (AvgIpc) is 1.81. The molecule has 2 nitrogen and oxygen atoms in total. The summed E-state index contributed by atoms with van der Waals surface area (Å²) in [4.78, 5) is 0. The van der Waals surface area contributed by atoms with E-state index in [9.17, 15) is 0 Å². The van der Waals surface area contributed by atoms with E-state index in [-0.39, 0.29) is 0 Å². The van der Waals surface area contributed by atoms with Crippen molar-refractivity contribution in [2.45, 2.75) is 31.4 Å². The van der Waals surface area contributed by atoms with Crippen molar-refractivity contribution in [2.75, 3.05) is 14.2 Å². The summed E-state index contributed by atoms with van der Waals surface area (Å²) in [7, 11) is 3.78. The van der Waals surface area contributed by atoms with Crippen molar-refractivity contribution in [3.05, 3.63) is 0 Å². The molecule has 1 aliphatic rings. The maximum absolute atomic E-state index is 5.14. The molecule has 1 N–H and O–H groups in total. The minimum absolute atomic E-state index is 0.362. The monoisotopic (exact) mass is 129 g/mol. The molecule has 0 saturated heterocycles. The number of nitrogens with one attached hydrogen (secondary N) is 1. The molecule has 1 saturated carbocycles. The van der Waals surface area contributed by atoms with E-state index in [2.05, 4.69) is 12.2 Å². The first kappa shape index (κ1) is 7.03. The molecular formula is C7H15NO. The molecule has 2 heteroatoms. The van der Waals surface area contributed by atoms with Crippen molar-refractivity contribution in [1.82, 2.24) is 5.32 Å². The second-order valence-electron chi connectivity index (χ2n) is 3.08. The van der Waals surface area contributed by atoms with Crippen LogP contribution in [0.2, 0.25) is 0 Å². The Bertz CT molecular complexity index is 97.1. The summed E-state index contributed by atoms with van der Waals surface area (Å²) in [6, 6.07) is 0. The lowest BCUT2D eigenvalue weighted by atomic mass is 9.76. The van der Waals surface area contributed by atoms with E-state index in [1.54, 1.807) is 7.11 Å². The van der Waals surface area contributed by atoms with Crippen LogP contribution >= 0.6 is 0 Å². The molecule has 54 valence electrons. The molecule has 0 unspecified atom stereocenters. The quantitative estimate of drug-likeness (QED) is 0.594. The molecule has 0 aliphatic heterocycles. The van der Waals surface area contributed by atoms with Crippen molar-refractivity contribution in [1.29, 1.82) is 0 Å². The van der Waals surface area contributed by atoms with Crippen LogP contribution in [-0.2, 0) is 4.74 Å². The fraction of sp³-hybridized carbons (Fsp3) is 1.00. The van der Waals surface area contributed by atoms with Crippen LogP contribution in [0.25, 0.3) is 0 Å². The number of rotatable bonds is 2. The fourth-order valence-corrected chi connectivity index (χ4v) is 1.32. The van der Waals surface area contributed by atoms with Crippen molar-refractivity contribution in [3.63, 3.8) is 0 Å². The predicted octanol–water partition coefficient (Wildman–Crippen LogP) is 0.773. The van der Waals surface area contributed by atoms with Crippen molar-refractivity contribution < 1.29 is 4.74 Å². The third-order valence-corrected chi connectivity index (χ3v) is 2.29. The van der Waals surface area contributed by atoms with Gasteiger partial charge in [0.2, 0.25) is 0 Å². The highest BCUT2D eigenvalue weighted by atomic mass is 16.5. The van der Waals surface area contributed by atoms with Crippen LogP contribution in [0.15, 0.2) is 0 Å². The molecule has 0 radical (unpaired) electrons. The summed E-state index contributed by atoms with van der Waals surface area (Å²) in [6.07, 6.45) is 2.81. The van der Waals surface area contributed by atoms with Crippen molar-refractivity contribution in [2.24, 2.45) is 0 Å². The van der Waals surface area contributed by atoms with Crippen LogP contribution in [0.4, 0.5) is 0 Å². The lowest BCUT2D eigenvalue weighted by molar-refractivity contribution is -0.0194. The standard InChI is InChI=1S/C7H15NO/c1-7(8-2)4-6(5-7)9-3/h6,8H,4-5H2,1-3H3. The van der Waals surface area contributed by atoms with E-state index in [1.807, 2.05) is 7.05 Å². The van der Waals surface area contributed by atoms with Gasteiger partial charge in [-0.25, -0.2) is 0 Å². The van der Waals surface area contributed by atoms with E-state index >= 15 is 0 Å². The number of ether oxygens (including phenoxy) is 1. The fourth-order valence-electron chi connectivity index (χ4n) is 1.32. The maximum atomic E-state index is 5.14. The summed E-state index contributed by atoms with van der Waals surface area (Å²) < 4.78 is 5.14. The van der Waals surface area contributed by atoms with Gasteiger partial charge >= 0.3 is 0 Å². The highest BCUT2D eigenvalue weighted by Crippen LogP contribution is 2.32. The van der Waals surface area contributed by atoms with Crippen LogP contribution in [0.1, 0.15) is 19.8 Å². The largest absolute Gasteiger partial charge is 0.381 e. The topological polar surface area (TPSA) is 21.3 Å². The molecule has 0 amide bonds. The van der Waals surface area contributed by atoms with Gasteiger partial charge in [-0.05, 0) is 26.8 Å². The van der Waals surface area contributed by atoms with E-state index in [1.165, 1.54) is 0 Å². The Morgan fingerprint density at radius 3 is 2.44 bits per heavy atom. The van der Waals surface area contributed by atoms with Crippen LogP contribution < -0.4 is 5.32 Å². The lowest BCUT2D eigenvalue weighted by Crippen LogP contribution is -2.54. The molecule has 0 aromatic carbocycles. The Labute approximate surface area is 56.6 Å². The van der Waals surface area contributed by atoms with Gasteiger partial charge in [0.15, 0.2) is 0 Å². The molecule has 1 fully saturated rings. The van der Waals surface area contributed by atoms with Crippen LogP contribution in [0.5, 0.6) is 0 Å². The second-order valence-corrected chi connectivity index (χ2v) is 3.08. The number of methoxy groups -OCH3 is 1. The first-order valence-corrected chi connectivity index (χ1v) is 3.42. The van der Waals surface area contributed by atoms with Gasteiger partial charge in [-0.15, -0.1) is 0 Å². The van der Waals surface area contributed by atoms with Crippen molar-refractivity contribution in [3.8, 4) is 0 Å². The summed E-state index contributed by atoms with van der Waals surface area (Å²) in [6.45, 7) is 2.22. The third kappa shape index (κ3) is 1.25. The first-order valence-electron chi connectivity index (χ1n) is 3.42. The normalized spacial score (nSPS) is 42.3. The highest BCUT2D eigenvalue weighted by molar-refractivity contribution is 4.97. The molecule has 1 aliphatic carbocycles. The second kappa shape index (κ2) is 2.27. The lowest BCUT2D eigenvalue weighted by Gasteiger charge is -2.44. The Balaban J connectivity index is 2.24. The Hall–Kier alpha value is -0.0800. The summed E-state index contributed by atoms with van der Waals surface area (Å²) in [5.74, 6) is 0. The molecule has 9 heavy (non-hydrogen) atoms. The van der Waals surface area contributed by atoms with E-state index in [0.717, 1.165) is 12.8 Å². The first-order chi connectivity index (χ1) is 4.20. The van der Waals surface area contributed by atoms with E-state index in [0.29, 0.717) is 11.6 Å². The van der Waals surface area contributed by atoms with Gasteiger partial charge in [0.25, 0.3) is 0 Å². The zero-order chi connectivity index (χ0) is 6.91. The predicted molar refractivity (Wildman–Crippen MR) is 37.5 cm³/mol. The zero-order valence-electron chi connectivity index (χ0n) is 6.40. The van der Waals surface area contributed by atoms with Gasteiger partial charge in [-0.3, -0.25) is 0 Å².